The number of nitrogens with one attached hydrogen (secondary N) is 1. The number of rotatable bonds is 7. The molecule has 0 aromatic heterocycles. The molecule has 0 aliphatic rings. The molecule has 0 saturated carbocycles. The zero-order valence-electron chi connectivity index (χ0n) is 11.4. The first-order valence-electron chi connectivity index (χ1n) is 6.38. The van der Waals surface area contributed by atoms with E-state index >= 15 is 0 Å². The van der Waals surface area contributed by atoms with Gasteiger partial charge in [0.15, 0.2) is 0 Å². The Morgan fingerprint density at radius 3 is 2.84 bits per heavy atom. The molecule has 106 valence electrons. The first-order valence-corrected chi connectivity index (χ1v) is 8.11. The third-order valence-corrected chi connectivity index (χ3v) is 3.53. The van der Waals surface area contributed by atoms with Crippen LogP contribution in [0.1, 0.15) is 35.7 Å². The maximum absolute atomic E-state index is 11.9. The van der Waals surface area contributed by atoms with E-state index in [0.717, 1.165) is 5.56 Å². The number of carbonyl (C=O) groups is 1. The second kappa shape index (κ2) is 8.07. The minimum Gasteiger partial charge on any atom is -0.393 e. The molecule has 1 amide bonds. The second-order valence-electron chi connectivity index (χ2n) is 4.52. The topological polar surface area (TPSA) is 66.4 Å². The standard InChI is InChI=1S/C14H21NO3S/c1-3-13(16)7-8-15-14(17)12-6-4-5-11(9-12)10-19(2)18/h4-6,9,13,16H,3,7-8,10H2,1-2H3,(H,15,17). The van der Waals surface area contributed by atoms with Gasteiger partial charge in [-0.05, 0) is 30.5 Å². The molecule has 0 aliphatic heterocycles. The summed E-state index contributed by atoms with van der Waals surface area (Å²) in [5, 5.41) is 12.2. The van der Waals surface area contributed by atoms with Crippen molar-refractivity contribution in [1.29, 1.82) is 0 Å². The summed E-state index contributed by atoms with van der Waals surface area (Å²) in [5.74, 6) is 0.294. The molecule has 0 radical (unpaired) electrons. The Labute approximate surface area is 116 Å². The molecule has 2 atom stereocenters. The van der Waals surface area contributed by atoms with Crippen LogP contribution < -0.4 is 5.32 Å². The molecule has 0 bridgehead atoms. The van der Waals surface area contributed by atoms with Crippen molar-refractivity contribution in [2.75, 3.05) is 12.8 Å². The van der Waals surface area contributed by atoms with Crippen molar-refractivity contribution in [3.8, 4) is 0 Å². The summed E-state index contributed by atoms with van der Waals surface area (Å²) in [6.45, 7) is 2.36. The number of hydrogen-bond donors (Lipinski definition) is 2. The molecule has 5 heteroatoms. The third kappa shape index (κ3) is 5.98. The van der Waals surface area contributed by atoms with Gasteiger partial charge in [-0.15, -0.1) is 0 Å². The number of hydrogen-bond acceptors (Lipinski definition) is 3. The predicted molar refractivity (Wildman–Crippen MR) is 77.5 cm³/mol. The Balaban J connectivity index is 2.54. The van der Waals surface area contributed by atoms with E-state index in [-0.39, 0.29) is 12.0 Å². The molecule has 4 nitrogen and oxygen atoms in total. The maximum Gasteiger partial charge on any atom is 0.251 e. The van der Waals surface area contributed by atoms with Gasteiger partial charge in [0.1, 0.15) is 0 Å². The molecule has 2 unspecified atom stereocenters. The Kier molecular flexibility index (Phi) is 6.73. The third-order valence-electron chi connectivity index (χ3n) is 2.79. The zero-order chi connectivity index (χ0) is 14.3. The lowest BCUT2D eigenvalue weighted by Crippen LogP contribution is -2.27. The quantitative estimate of drug-likeness (QED) is 0.796. The van der Waals surface area contributed by atoms with E-state index in [0.29, 0.717) is 30.7 Å². The van der Waals surface area contributed by atoms with Crippen LogP contribution in [0.25, 0.3) is 0 Å². The summed E-state index contributed by atoms with van der Waals surface area (Å²) >= 11 is 0. The molecule has 2 N–H and O–H groups in total. The summed E-state index contributed by atoms with van der Waals surface area (Å²) in [4.78, 5) is 11.9. The fraction of sp³-hybridized carbons (Fsp3) is 0.500. The predicted octanol–water partition coefficient (Wildman–Crippen LogP) is 1.46. The van der Waals surface area contributed by atoms with Crippen molar-refractivity contribution in [2.45, 2.75) is 31.6 Å². The van der Waals surface area contributed by atoms with Gasteiger partial charge in [0, 0.05) is 34.9 Å². The number of benzene rings is 1. The molecule has 0 heterocycles. The van der Waals surface area contributed by atoms with Crippen LogP contribution in [0.5, 0.6) is 0 Å². The number of aliphatic hydroxyl groups is 1. The normalized spacial score (nSPS) is 13.8. The second-order valence-corrected chi connectivity index (χ2v) is 5.96. The molecule has 0 spiro atoms. The van der Waals surface area contributed by atoms with Gasteiger partial charge in [-0.3, -0.25) is 9.00 Å². The number of carbonyl (C=O) groups excluding carboxylic acids is 1. The molecule has 0 saturated heterocycles. The lowest BCUT2D eigenvalue weighted by atomic mass is 10.1. The van der Waals surface area contributed by atoms with E-state index in [9.17, 15) is 14.1 Å². The van der Waals surface area contributed by atoms with Gasteiger partial charge in [-0.25, -0.2) is 0 Å². The Bertz CT molecular complexity index is 448. The smallest absolute Gasteiger partial charge is 0.251 e. The van der Waals surface area contributed by atoms with Crippen molar-refractivity contribution >= 4 is 16.7 Å². The van der Waals surface area contributed by atoms with Crippen LogP contribution in [0.3, 0.4) is 0 Å². The van der Waals surface area contributed by atoms with Crippen molar-refractivity contribution in [3.05, 3.63) is 35.4 Å². The number of amides is 1. The van der Waals surface area contributed by atoms with Crippen molar-refractivity contribution in [1.82, 2.24) is 5.32 Å². The minimum absolute atomic E-state index is 0.160. The highest BCUT2D eigenvalue weighted by atomic mass is 32.2. The summed E-state index contributed by atoms with van der Waals surface area (Å²) in [6.07, 6.45) is 2.52. The molecular formula is C14H21NO3S. The van der Waals surface area contributed by atoms with Crippen LogP contribution >= 0.6 is 0 Å². The van der Waals surface area contributed by atoms with E-state index in [2.05, 4.69) is 5.32 Å². The van der Waals surface area contributed by atoms with Crippen LogP contribution in [0.2, 0.25) is 0 Å². The molecule has 0 aliphatic carbocycles. The van der Waals surface area contributed by atoms with Crippen LogP contribution in [0.4, 0.5) is 0 Å². The fourth-order valence-electron chi connectivity index (χ4n) is 1.70. The van der Waals surface area contributed by atoms with Crippen molar-refractivity contribution < 1.29 is 14.1 Å². The molecular weight excluding hydrogens is 262 g/mol. The molecule has 1 aromatic rings. The van der Waals surface area contributed by atoms with Crippen molar-refractivity contribution in [2.24, 2.45) is 0 Å². The fourth-order valence-corrected chi connectivity index (χ4v) is 2.34. The van der Waals surface area contributed by atoms with Gasteiger partial charge >= 0.3 is 0 Å². The van der Waals surface area contributed by atoms with Gasteiger partial charge in [-0.2, -0.15) is 0 Å². The van der Waals surface area contributed by atoms with Gasteiger partial charge < -0.3 is 10.4 Å². The van der Waals surface area contributed by atoms with Gasteiger partial charge in [0.25, 0.3) is 5.91 Å². The highest BCUT2D eigenvalue weighted by molar-refractivity contribution is 7.83. The van der Waals surface area contributed by atoms with E-state index < -0.39 is 10.8 Å². The SMILES string of the molecule is CCC(O)CCNC(=O)c1cccc(CS(C)=O)c1. The lowest BCUT2D eigenvalue weighted by Gasteiger charge is -2.09. The summed E-state index contributed by atoms with van der Waals surface area (Å²) < 4.78 is 11.2. The van der Waals surface area contributed by atoms with Crippen LogP contribution in [-0.2, 0) is 16.6 Å². The Morgan fingerprint density at radius 2 is 2.21 bits per heavy atom. The zero-order valence-corrected chi connectivity index (χ0v) is 12.2. The first-order chi connectivity index (χ1) is 9.02. The summed E-state index contributed by atoms with van der Waals surface area (Å²) in [5.41, 5.74) is 1.45. The van der Waals surface area contributed by atoms with Crippen molar-refractivity contribution in [3.63, 3.8) is 0 Å². The molecule has 0 fully saturated rings. The molecule has 19 heavy (non-hydrogen) atoms. The highest BCUT2D eigenvalue weighted by Gasteiger charge is 2.07. The lowest BCUT2D eigenvalue weighted by molar-refractivity contribution is 0.0942. The maximum atomic E-state index is 11.9. The summed E-state index contributed by atoms with van der Waals surface area (Å²) in [7, 11) is -0.916. The van der Waals surface area contributed by atoms with Crippen LogP contribution in [0, 0.1) is 0 Å². The van der Waals surface area contributed by atoms with E-state index in [1.807, 2.05) is 13.0 Å². The van der Waals surface area contributed by atoms with E-state index in [1.54, 1.807) is 24.5 Å². The largest absolute Gasteiger partial charge is 0.393 e. The first kappa shape index (κ1) is 15.9. The molecule has 1 rings (SSSR count). The highest BCUT2D eigenvalue weighted by Crippen LogP contribution is 2.07. The average Bonchev–Trinajstić information content (AvgIpc) is 2.37. The van der Waals surface area contributed by atoms with E-state index in [1.165, 1.54) is 0 Å². The van der Waals surface area contributed by atoms with Gasteiger partial charge in [0.2, 0.25) is 0 Å². The Morgan fingerprint density at radius 1 is 1.47 bits per heavy atom. The Hall–Kier alpha value is -1.20. The van der Waals surface area contributed by atoms with Gasteiger partial charge in [0.05, 0.1) is 6.10 Å². The number of aliphatic hydroxyl groups excluding tert-OH is 1. The van der Waals surface area contributed by atoms with E-state index in [4.69, 9.17) is 0 Å². The molecule has 1 aromatic carbocycles. The van der Waals surface area contributed by atoms with Crippen LogP contribution in [-0.4, -0.2) is 34.1 Å². The van der Waals surface area contributed by atoms with Gasteiger partial charge in [-0.1, -0.05) is 19.1 Å². The monoisotopic (exact) mass is 283 g/mol. The minimum atomic E-state index is -0.916. The average molecular weight is 283 g/mol. The van der Waals surface area contributed by atoms with Crippen LogP contribution in [0.15, 0.2) is 24.3 Å². The summed E-state index contributed by atoms with van der Waals surface area (Å²) in [6, 6.07) is 7.14.